The number of fused-ring (bicyclic) bond motifs is 1. The average Bonchev–Trinajstić information content (AvgIpc) is 2.95. The summed E-state index contributed by atoms with van der Waals surface area (Å²) in [5, 5.41) is 16.4. The van der Waals surface area contributed by atoms with Crippen molar-refractivity contribution in [3.8, 4) is 0 Å². The molecule has 0 spiro atoms. The van der Waals surface area contributed by atoms with Crippen LogP contribution in [0.4, 0.5) is 5.69 Å². The molecule has 0 radical (unpaired) electrons. The van der Waals surface area contributed by atoms with E-state index in [9.17, 15) is 10.1 Å². The molecule has 2 aromatic heterocycles. The Kier molecular flexibility index (Phi) is 3.29. The highest BCUT2D eigenvalue weighted by Crippen LogP contribution is 2.28. The Morgan fingerprint density at radius 3 is 2.76 bits per heavy atom. The normalized spacial score (nSPS) is 11.2. The second-order valence-electron chi connectivity index (χ2n) is 4.89. The molecule has 0 N–H and O–H groups in total. The van der Waals surface area contributed by atoms with Crippen LogP contribution in [0.1, 0.15) is 11.4 Å². The molecule has 7 heteroatoms. The van der Waals surface area contributed by atoms with Gasteiger partial charge >= 0.3 is 0 Å². The van der Waals surface area contributed by atoms with Gasteiger partial charge in [0.1, 0.15) is 5.52 Å². The van der Waals surface area contributed by atoms with Crippen molar-refractivity contribution in [2.24, 2.45) is 7.05 Å². The van der Waals surface area contributed by atoms with Crippen LogP contribution in [0.25, 0.3) is 10.9 Å². The molecule has 6 nitrogen and oxygen atoms in total. The van der Waals surface area contributed by atoms with Crippen molar-refractivity contribution < 1.29 is 4.92 Å². The zero-order chi connectivity index (χ0) is 15.1. The fourth-order valence-corrected chi connectivity index (χ4v) is 2.99. The zero-order valence-corrected chi connectivity index (χ0v) is 13.2. The van der Waals surface area contributed by atoms with Crippen LogP contribution >= 0.6 is 15.9 Å². The molecule has 0 aliphatic carbocycles. The molecule has 0 atom stereocenters. The molecule has 0 aliphatic rings. The highest BCUT2D eigenvalue weighted by molar-refractivity contribution is 9.10. The van der Waals surface area contributed by atoms with E-state index in [0.29, 0.717) is 12.1 Å². The van der Waals surface area contributed by atoms with Gasteiger partial charge in [0.25, 0.3) is 5.69 Å². The Balaban J connectivity index is 2.15. The van der Waals surface area contributed by atoms with Crippen LogP contribution in [0.3, 0.4) is 0 Å². The van der Waals surface area contributed by atoms with Crippen LogP contribution in [-0.2, 0) is 13.6 Å². The first-order valence-electron chi connectivity index (χ1n) is 6.39. The van der Waals surface area contributed by atoms with Gasteiger partial charge < -0.3 is 4.57 Å². The Hall–Kier alpha value is -2.15. The van der Waals surface area contributed by atoms with E-state index in [2.05, 4.69) is 21.0 Å². The number of benzene rings is 1. The molecule has 21 heavy (non-hydrogen) atoms. The molecule has 0 unspecified atom stereocenters. The first-order chi connectivity index (χ1) is 9.99. The minimum atomic E-state index is -0.345. The van der Waals surface area contributed by atoms with Crippen molar-refractivity contribution in [1.29, 1.82) is 0 Å². The summed E-state index contributed by atoms with van der Waals surface area (Å²) in [6.07, 6.45) is 1.87. The lowest BCUT2D eigenvalue weighted by molar-refractivity contribution is -0.383. The van der Waals surface area contributed by atoms with E-state index >= 15 is 0 Å². The van der Waals surface area contributed by atoms with Crippen molar-refractivity contribution >= 4 is 32.5 Å². The Morgan fingerprint density at radius 2 is 2.14 bits per heavy atom. The SMILES string of the molecule is Cc1nn(C)c(Cn2ccc3cccc([N+](=O)[O-])c32)c1Br. The van der Waals surface area contributed by atoms with E-state index < -0.39 is 0 Å². The molecule has 1 aromatic carbocycles. The highest BCUT2D eigenvalue weighted by Gasteiger charge is 2.18. The maximum atomic E-state index is 11.2. The predicted octanol–water partition coefficient (Wildman–Crippen LogP) is 3.40. The number of non-ortho nitro benzene ring substituents is 1. The van der Waals surface area contributed by atoms with Crippen molar-refractivity contribution in [3.63, 3.8) is 0 Å². The number of nitro benzene ring substituents is 1. The fraction of sp³-hybridized carbons (Fsp3) is 0.214. The summed E-state index contributed by atoms with van der Waals surface area (Å²) >= 11 is 3.53. The van der Waals surface area contributed by atoms with E-state index in [-0.39, 0.29) is 10.6 Å². The number of aryl methyl sites for hydroxylation is 2. The number of halogens is 1. The summed E-state index contributed by atoms with van der Waals surface area (Å²) in [4.78, 5) is 10.9. The number of hydrogen-bond acceptors (Lipinski definition) is 3. The van der Waals surface area contributed by atoms with E-state index in [0.717, 1.165) is 21.2 Å². The minimum absolute atomic E-state index is 0.118. The second kappa shape index (κ2) is 5.00. The van der Waals surface area contributed by atoms with Crippen molar-refractivity contribution in [1.82, 2.24) is 14.3 Å². The maximum Gasteiger partial charge on any atom is 0.293 e. The Labute approximate surface area is 129 Å². The first kappa shape index (κ1) is 13.8. The number of hydrogen-bond donors (Lipinski definition) is 0. The quantitative estimate of drug-likeness (QED) is 0.538. The summed E-state index contributed by atoms with van der Waals surface area (Å²) in [7, 11) is 1.87. The van der Waals surface area contributed by atoms with Crippen LogP contribution in [-0.4, -0.2) is 19.3 Å². The lowest BCUT2D eigenvalue weighted by atomic mass is 10.2. The molecule has 108 valence electrons. The molecular weight excluding hydrogens is 336 g/mol. The van der Waals surface area contributed by atoms with Gasteiger partial charge in [0.2, 0.25) is 0 Å². The van der Waals surface area contributed by atoms with Gasteiger partial charge in [-0.25, -0.2) is 0 Å². The Bertz CT molecular complexity index is 850. The van der Waals surface area contributed by atoms with Crippen LogP contribution in [0.15, 0.2) is 34.9 Å². The van der Waals surface area contributed by atoms with Crippen molar-refractivity contribution in [3.05, 3.63) is 56.4 Å². The van der Waals surface area contributed by atoms with Gasteiger partial charge in [-0.2, -0.15) is 5.10 Å². The second-order valence-corrected chi connectivity index (χ2v) is 5.68. The van der Waals surface area contributed by atoms with Gasteiger partial charge in [-0.15, -0.1) is 0 Å². The van der Waals surface area contributed by atoms with Crippen LogP contribution in [0, 0.1) is 17.0 Å². The lowest BCUT2D eigenvalue weighted by Crippen LogP contribution is -2.06. The third-order valence-corrected chi connectivity index (χ3v) is 4.58. The molecule has 0 saturated heterocycles. The van der Waals surface area contributed by atoms with Crippen molar-refractivity contribution in [2.45, 2.75) is 13.5 Å². The topological polar surface area (TPSA) is 65.9 Å². The average molecular weight is 349 g/mol. The molecule has 3 rings (SSSR count). The third kappa shape index (κ3) is 2.23. The van der Waals surface area contributed by atoms with Crippen LogP contribution in [0.2, 0.25) is 0 Å². The third-order valence-electron chi connectivity index (χ3n) is 3.55. The fourth-order valence-electron chi connectivity index (χ4n) is 2.53. The molecule has 0 saturated carbocycles. The smallest absolute Gasteiger partial charge is 0.293 e. The summed E-state index contributed by atoms with van der Waals surface area (Å²) in [6.45, 7) is 2.44. The lowest BCUT2D eigenvalue weighted by Gasteiger charge is -2.07. The predicted molar refractivity (Wildman–Crippen MR) is 83.3 cm³/mol. The molecule has 0 aliphatic heterocycles. The van der Waals surface area contributed by atoms with Gasteiger partial charge in [-0.1, -0.05) is 12.1 Å². The standard InChI is InChI=1S/C14H13BrN4O2/c1-9-13(15)12(17(2)16-9)8-18-7-6-10-4-3-5-11(14(10)18)19(20)21/h3-7H,8H2,1-2H3. The summed E-state index contributed by atoms with van der Waals surface area (Å²) in [5.41, 5.74) is 2.63. The molecule has 0 fully saturated rings. The van der Waals surface area contributed by atoms with Gasteiger partial charge in [-0.05, 0) is 28.9 Å². The largest absolute Gasteiger partial charge is 0.336 e. The zero-order valence-electron chi connectivity index (χ0n) is 11.6. The minimum Gasteiger partial charge on any atom is -0.336 e. The van der Waals surface area contributed by atoms with Crippen LogP contribution < -0.4 is 0 Å². The van der Waals surface area contributed by atoms with Gasteiger partial charge in [0.15, 0.2) is 0 Å². The van der Waals surface area contributed by atoms with Crippen LogP contribution in [0.5, 0.6) is 0 Å². The molecular formula is C14H13BrN4O2. The number of aromatic nitrogens is 3. The summed E-state index contributed by atoms with van der Waals surface area (Å²) in [6, 6.07) is 7.00. The summed E-state index contributed by atoms with van der Waals surface area (Å²) < 4.78 is 4.61. The van der Waals surface area contributed by atoms with Gasteiger partial charge in [-0.3, -0.25) is 14.8 Å². The maximum absolute atomic E-state index is 11.2. The monoisotopic (exact) mass is 348 g/mol. The van der Waals surface area contributed by atoms with E-state index in [1.807, 2.05) is 36.9 Å². The first-order valence-corrected chi connectivity index (χ1v) is 7.18. The Morgan fingerprint density at radius 1 is 1.38 bits per heavy atom. The van der Waals surface area contributed by atoms with E-state index in [4.69, 9.17) is 0 Å². The number of rotatable bonds is 3. The van der Waals surface area contributed by atoms with Gasteiger partial charge in [0, 0.05) is 24.7 Å². The van der Waals surface area contributed by atoms with Gasteiger partial charge in [0.05, 0.1) is 27.3 Å². The molecule has 3 aromatic rings. The van der Waals surface area contributed by atoms with E-state index in [1.165, 1.54) is 6.07 Å². The number of nitro groups is 1. The van der Waals surface area contributed by atoms with Crippen molar-refractivity contribution in [2.75, 3.05) is 0 Å². The highest BCUT2D eigenvalue weighted by atomic mass is 79.9. The molecule has 0 amide bonds. The molecule has 0 bridgehead atoms. The number of para-hydroxylation sites is 1. The molecule has 2 heterocycles. The van der Waals surface area contributed by atoms with E-state index in [1.54, 1.807) is 10.7 Å². The number of nitrogens with zero attached hydrogens (tertiary/aromatic N) is 4. The summed E-state index contributed by atoms with van der Waals surface area (Å²) in [5.74, 6) is 0.